The summed E-state index contributed by atoms with van der Waals surface area (Å²) in [4.78, 5) is 22.4. The highest BCUT2D eigenvalue weighted by atomic mass is 16.3. The van der Waals surface area contributed by atoms with Gasteiger partial charge in [-0.15, -0.1) is 0 Å². The average molecular weight is 180 g/mol. The lowest BCUT2D eigenvalue weighted by Crippen LogP contribution is -2.14. The third-order valence-corrected chi connectivity index (χ3v) is 1.78. The Morgan fingerprint density at radius 2 is 2.23 bits per heavy atom. The van der Waals surface area contributed by atoms with Crippen LogP contribution in [0.3, 0.4) is 0 Å². The van der Waals surface area contributed by atoms with Crippen LogP contribution in [0, 0.1) is 0 Å². The van der Waals surface area contributed by atoms with Crippen molar-refractivity contribution in [3.8, 4) is 0 Å². The van der Waals surface area contributed by atoms with Gasteiger partial charge in [0, 0.05) is 12.5 Å². The summed E-state index contributed by atoms with van der Waals surface area (Å²) in [7, 11) is 0. The molecule has 0 bridgehead atoms. The third kappa shape index (κ3) is 2.05. The molecule has 0 saturated heterocycles. The van der Waals surface area contributed by atoms with Gasteiger partial charge in [0.1, 0.15) is 11.3 Å². The number of rotatable bonds is 3. The minimum Gasteiger partial charge on any atom is -0.468 e. The highest BCUT2D eigenvalue weighted by molar-refractivity contribution is 5.94. The smallest absolute Gasteiger partial charge is 0.195 e. The van der Waals surface area contributed by atoms with E-state index in [1.165, 1.54) is 19.3 Å². The van der Waals surface area contributed by atoms with Crippen molar-refractivity contribution >= 4 is 5.78 Å². The van der Waals surface area contributed by atoms with E-state index in [1.807, 2.05) is 6.92 Å². The highest BCUT2D eigenvalue weighted by Crippen LogP contribution is 2.07. The molecule has 0 unspecified atom stereocenters. The van der Waals surface area contributed by atoms with E-state index in [1.54, 1.807) is 0 Å². The van der Waals surface area contributed by atoms with E-state index < -0.39 is 0 Å². The molecule has 3 nitrogen and oxygen atoms in total. The highest BCUT2D eigenvalue weighted by Gasteiger charge is 2.12. The SMILES string of the molecule is CCCc1occc(=O)c1C(C)=O. The van der Waals surface area contributed by atoms with Crippen molar-refractivity contribution in [3.05, 3.63) is 33.9 Å². The largest absolute Gasteiger partial charge is 0.468 e. The van der Waals surface area contributed by atoms with Crippen molar-refractivity contribution in [2.45, 2.75) is 26.7 Å². The summed E-state index contributed by atoms with van der Waals surface area (Å²) in [6.07, 6.45) is 2.82. The van der Waals surface area contributed by atoms with Crippen molar-refractivity contribution < 1.29 is 9.21 Å². The minimum atomic E-state index is -0.248. The third-order valence-electron chi connectivity index (χ3n) is 1.78. The van der Waals surface area contributed by atoms with Crippen molar-refractivity contribution in [1.82, 2.24) is 0 Å². The summed E-state index contributed by atoms with van der Waals surface area (Å²) in [5.74, 6) is 0.278. The zero-order chi connectivity index (χ0) is 9.84. The van der Waals surface area contributed by atoms with Crippen LogP contribution in [0.5, 0.6) is 0 Å². The van der Waals surface area contributed by atoms with Crippen LogP contribution in [-0.2, 0) is 6.42 Å². The molecule has 1 rings (SSSR count). The molecule has 0 fully saturated rings. The quantitative estimate of drug-likeness (QED) is 0.666. The second kappa shape index (κ2) is 4.03. The molecule has 1 aromatic heterocycles. The summed E-state index contributed by atoms with van der Waals surface area (Å²) in [5, 5.41) is 0. The van der Waals surface area contributed by atoms with Crippen LogP contribution in [0.1, 0.15) is 36.4 Å². The Bertz CT molecular complexity index is 363. The van der Waals surface area contributed by atoms with Gasteiger partial charge in [0.15, 0.2) is 11.2 Å². The number of Topliss-reactive ketones (excluding diaryl/α,β-unsaturated/α-hetero) is 1. The number of hydrogen-bond acceptors (Lipinski definition) is 3. The molecule has 0 N–H and O–H groups in total. The molecular weight excluding hydrogens is 168 g/mol. The van der Waals surface area contributed by atoms with Gasteiger partial charge in [0.05, 0.1) is 6.26 Å². The van der Waals surface area contributed by atoms with Gasteiger partial charge in [-0.05, 0) is 13.3 Å². The molecule has 0 spiro atoms. The Hall–Kier alpha value is -1.38. The Balaban J connectivity index is 3.26. The van der Waals surface area contributed by atoms with Gasteiger partial charge in [0.25, 0.3) is 0 Å². The molecule has 0 atom stereocenters. The molecule has 0 aliphatic carbocycles. The molecule has 1 heterocycles. The van der Waals surface area contributed by atoms with Crippen LogP contribution in [-0.4, -0.2) is 5.78 Å². The van der Waals surface area contributed by atoms with Crippen LogP contribution < -0.4 is 5.43 Å². The number of carbonyl (C=O) groups is 1. The van der Waals surface area contributed by atoms with E-state index in [9.17, 15) is 9.59 Å². The molecule has 0 saturated carbocycles. The van der Waals surface area contributed by atoms with Gasteiger partial charge in [0.2, 0.25) is 0 Å². The zero-order valence-electron chi connectivity index (χ0n) is 7.79. The van der Waals surface area contributed by atoms with Crippen molar-refractivity contribution in [2.75, 3.05) is 0 Å². The number of aryl methyl sites for hydroxylation is 1. The Morgan fingerprint density at radius 3 is 2.77 bits per heavy atom. The first kappa shape index (κ1) is 9.71. The second-order valence-corrected chi connectivity index (χ2v) is 2.89. The number of carbonyl (C=O) groups excluding carboxylic acids is 1. The summed E-state index contributed by atoms with van der Waals surface area (Å²) in [6.45, 7) is 3.35. The van der Waals surface area contributed by atoms with E-state index in [2.05, 4.69) is 0 Å². The predicted molar refractivity (Wildman–Crippen MR) is 49.0 cm³/mol. The first-order valence-electron chi connectivity index (χ1n) is 4.28. The first-order valence-corrected chi connectivity index (χ1v) is 4.28. The van der Waals surface area contributed by atoms with E-state index in [-0.39, 0.29) is 16.8 Å². The van der Waals surface area contributed by atoms with E-state index >= 15 is 0 Å². The Morgan fingerprint density at radius 1 is 1.54 bits per heavy atom. The van der Waals surface area contributed by atoms with E-state index in [0.717, 1.165) is 6.42 Å². The maximum atomic E-state index is 11.3. The molecule has 70 valence electrons. The predicted octanol–water partition coefficient (Wildman–Crippen LogP) is 1.79. The van der Waals surface area contributed by atoms with Gasteiger partial charge < -0.3 is 4.42 Å². The number of ketones is 1. The summed E-state index contributed by atoms with van der Waals surface area (Å²) < 4.78 is 5.12. The average Bonchev–Trinajstić information content (AvgIpc) is 2.04. The molecule has 0 radical (unpaired) electrons. The first-order chi connectivity index (χ1) is 6.16. The molecule has 13 heavy (non-hydrogen) atoms. The fourth-order valence-corrected chi connectivity index (χ4v) is 1.24. The molecule has 0 aromatic carbocycles. The Labute approximate surface area is 76.4 Å². The fourth-order valence-electron chi connectivity index (χ4n) is 1.24. The molecule has 3 heteroatoms. The van der Waals surface area contributed by atoms with Crippen molar-refractivity contribution in [2.24, 2.45) is 0 Å². The van der Waals surface area contributed by atoms with Crippen molar-refractivity contribution in [3.63, 3.8) is 0 Å². The second-order valence-electron chi connectivity index (χ2n) is 2.89. The van der Waals surface area contributed by atoms with Gasteiger partial charge in [-0.25, -0.2) is 0 Å². The topological polar surface area (TPSA) is 47.3 Å². The number of hydrogen-bond donors (Lipinski definition) is 0. The summed E-state index contributed by atoms with van der Waals surface area (Å²) in [5.41, 5.74) is -0.0495. The lowest BCUT2D eigenvalue weighted by Gasteiger charge is -2.01. The standard InChI is InChI=1S/C10H12O3/c1-3-4-9-10(7(2)11)8(12)5-6-13-9/h5-6H,3-4H2,1-2H3. The maximum absolute atomic E-state index is 11.3. The van der Waals surface area contributed by atoms with Crippen LogP contribution in [0.4, 0.5) is 0 Å². The van der Waals surface area contributed by atoms with E-state index in [4.69, 9.17) is 4.42 Å². The van der Waals surface area contributed by atoms with Crippen LogP contribution in [0.15, 0.2) is 21.5 Å². The monoisotopic (exact) mass is 180 g/mol. The Kier molecular flexibility index (Phi) is 3.01. The normalized spacial score (nSPS) is 10.0. The lowest BCUT2D eigenvalue weighted by atomic mass is 10.1. The van der Waals surface area contributed by atoms with Gasteiger partial charge >= 0.3 is 0 Å². The zero-order valence-corrected chi connectivity index (χ0v) is 7.79. The van der Waals surface area contributed by atoms with Crippen molar-refractivity contribution in [1.29, 1.82) is 0 Å². The van der Waals surface area contributed by atoms with Crippen LogP contribution in [0.25, 0.3) is 0 Å². The van der Waals surface area contributed by atoms with Gasteiger partial charge in [-0.1, -0.05) is 6.92 Å². The van der Waals surface area contributed by atoms with Crippen LogP contribution in [0.2, 0.25) is 0 Å². The molecule has 0 aliphatic heterocycles. The molecule has 0 aliphatic rings. The maximum Gasteiger partial charge on any atom is 0.195 e. The lowest BCUT2D eigenvalue weighted by molar-refractivity contribution is 0.101. The molecule has 0 amide bonds. The van der Waals surface area contributed by atoms with Gasteiger partial charge in [-0.2, -0.15) is 0 Å². The fraction of sp³-hybridized carbons (Fsp3) is 0.400. The molecule has 1 aromatic rings. The van der Waals surface area contributed by atoms with Crippen LogP contribution >= 0.6 is 0 Å². The van der Waals surface area contributed by atoms with Gasteiger partial charge in [-0.3, -0.25) is 9.59 Å². The summed E-state index contributed by atoms with van der Waals surface area (Å²) >= 11 is 0. The minimum absolute atomic E-state index is 0.198. The molecular formula is C10H12O3. The van der Waals surface area contributed by atoms with E-state index in [0.29, 0.717) is 12.2 Å². The summed E-state index contributed by atoms with van der Waals surface area (Å²) in [6, 6.07) is 1.27.